The van der Waals surface area contributed by atoms with Crippen LogP contribution in [0.3, 0.4) is 0 Å². The van der Waals surface area contributed by atoms with Crippen molar-refractivity contribution >= 4 is 52.3 Å². The molecule has 7 N–H and O–H groups in total. The number of ether oxygens (including phenoxy) is 2. The molecule has 2 aliphatic rings. The zero-order chi connectivity index (χ0) is 56.9. The summed E-state index contributed by atoms with van der Waals surface area (Å²) in [6.45, 7) is 16.0. The van der Waals surface area contributed by atoms with Gasteiger partial charge in [-0.2, -0.15) is 0 Å². The van der Waals surface area contributed by atoms with Crippen LogP contribution >= 0.6 is 0 Å². The Morgan fingerprint density at radius 2 is 1.61 bits per heavy atom. The average molecular weight is 1080 g/mol. The summed E-state index contributed by atoms with van der Waals surface area (Å²) in [4.78, 5) is 110. The summed E-state index contributed by atoms with van der Waals surface area (Å²) < 4.78 is 12.2. The molecule has 4 rings (SSSR count). The quantitative estimate of drug-likeness (QED) is 0.0514. The summed E-state index contributed by atoms with van der Waals surface area (Å²) in [5.41, 5.74) is 7.36. The Bertz CT molecular complexity index is 2200. The summed E-state index contributed by atoms with van der Waals surface area (Å²) >= 11 is 0. The van der Waals surface area contributed by atoms with E-state index in [4.69, 9.17) is 25.2 Å². The van der Waals surface area contributed by atoms with Crippen LogP contribution in [0.2, 0.25) is 0 Å². The van der Waals surface area contributed by atoms with Gasteiger partial charge in [0.2, 0.25) is 29.5 Å². The predicted molar refractivity (Wildman–Crippen MR) is 296 cm³/mol. The number of carboxylic acids is 1. The minimum Gasteiger partial charge on any atom is -0.480 e. The highest BCUT2D eigenvalue weighted by Gasteiger charge is 2.44. The molecular formula is C57H95N9O11. The first kappa shape index (κ1) is 64.4. The second-order valence-electron chi connectivity index (χ2n) is 22.2. The molecule has 2 aliphatic heterocycles. The number of likely N-dealkylation sites (tertiary alicyclic amines) is 1. The molecule has 434 valence electrons. The molecule has 6 amide bonds. The third-order valence-corrected chi connectivity index (χ3v) is 15.8. The smallest absolute Gasteiger partial charge is 0.320 e. The number of aromatic nitrogens is 1. The highest BCUT2D eigenvalue weighted by molar-refractivity contribution is 5.91. The number of carboxylic acid groups (broad SMARTS) is 1. The zero-order valence-electron chi connectivity index (χ0n) is 48.1. The Kier molecular flexibility index (Phi) is 26.8. The van der Waals surface area contributed by atoms with Gasteiger partial charge in [-0.3, -0.25) is 43.3 Å². The Balaban J connectivity index is 1.39. The first-order valence-electron chi connectivity index (χ1n) is 28.3. The topological polar surface area (TPSA) is 258 Å². The Hall–Kier alpha value is -5.15. The highest BCUT2D eigenvalue weighted by Crippen LogP contribution is 2.30. The second kappa shape index (κ2) is 32.1. The van der Waals surface area contributed by atoms with E-state index in [9.17, 15) is 33.6 Å². The maximum absolute atomic E-state index is 14.7. The number of methoxy groups -OCH3 is 2. The fraction of sp³-hybridized carbons (Fsp3) is 0.737. The zero-order valence-corrected chi connectivity index (χ0v) is 48.1. The number of hydrogen-bond acceptors (Lipinski definition) is 12. The summed E-state index contributed by atoms with van der Waals surface area (Å²) in [7, 11) is 6.71. The molecule has 2 saturated heterocycles. The van der Waals surface area contributed by atoms with Crippen LogP contribution in [0, 0.1) is 23.7 Å². The lowest BCUT2D eigenvalue weighted by molar-refractivity contribution is -0.199. The van der Waals surface area contributed by atoms with E-state index in [0.717, 1.165) is 42.1 Å². The number of nitrogens with zero attached hydrogens (tertiary/aromatic N) is 4. The fourth-order valence-corrected chi connectivity index (χ4v) is 11.1. The molecule has 2 fully saturated rings. The molecule has 0 aliphatic carbocycles. The predicted octanol–water partition coefficient (Wildman–Crippen LogP) is 5.03. The third kappa shape index (κ3) is 18.5. The van der Waals surface area contributed by atoms with E-state index < -0.39 is 60.3 Å². The van der Waals surface area contributed by atoms with E-state index in [2.05, 4.69) is 20.9 Å². The van der Waals surface area contributed by atoms with Gasteiger partial charge in [-0.25, -0.2) is 5.06 Å². The monoisotopic (exact) mass is 1080 g/mol. The lowest BCUT2D eigenvalue weighted by Gasteiger charge is -2.41. The number of aliphatic carboxylic acids is 1. The van der Waals surface area contributed by atoms with Crippen LogP contribution in [0.25, 0.3) is 10.9 Å². The molecule has 1 aromatic carbocycles. The molecule has 1 aromatic heterocycles. The van der Waals surface area contributed by atoms with Crippen LogP contribution in [-0.4, -0.2) is 181 Å². The summed E-state index contributed by atoms with van der Waals surface area (Å²) in [5, 5.41) is 20.3. The van der Waals surface area contributed by atoms with Gasteiger partial charge in [-0.1, -0.05) is 79.5 Å². The van der Waals surface area contributed by atoms with Crippen molar-refractivity contribution in [2.75, 3.05) is 61.1 Å². The number of carbonyl (C=O) groups is 7. The van der Waals surface area contributed by atoms with Gasteiger partial charge >= 0.3 is 5.97 Å². The fourth-order valence-electron chi connectivity index (χ4n) is 11.1. The van der Waals surface area contributed by atoms with Crippen LogP contribution in [0.15, 0.2) is 30.5 Å². The lowest BCUT2D eigenvalue weighted by Crippen LogP contribution is -2.60. The van der Waals surface area contributed by atoms with Gasteiger partial charge in [0.1, 0.15) is 18.1 Å². The maximum atomic E-state index is 14.7. The molecule has 20 nitrogen and oxygen atoms in total. The van der Waals surface area contributed by atoms with Crippen LogP contribution in [-0.2, 0) is 54.3 Å². The largest absolute Gasteiger partial charge is 0.480 e. The summed E-state index contributed by atoms with van der Waals surface area (Å²) in [5.74, 6) is -3.70. The number of benzene rings is 1. The number of amides is 6. The molecule has 10 atom stereocenters. The van der Waals surface area contributed by atoms with Gasteiger partial charge in [0.25, 0.3) is 5.91 Å². The molecule has 20 heteroatoms. The number of unbranched alkanes of at least 4 members (excludes halogenated alkanes) is 3. The van der Waals surface area contributed by atoms with Crippen molar-refractivity contribution in [3.05, 3.63) is 36.0 Å². The number of nitrogens with two attached hydrogens (primary N) is 1. The number of nitrogens with one attached hydrogen (secondary N) is 4. The minimum atomic E-state index is -1.03. The molecule has 1 unspecified atom stereocenters. The minimum absolute atomic E-state index is 0.0387. The average Bonchev–Trinajstić information content (AvgIpc) is 4.08. The first-order chi connectivity index (χ1) is 36.7. The number of likely N-dealkylation sites (N-methyl/N-ethyl adjacent to an activating group) is 2. The van der Waals surface area contributed by atoms with E-state index >= 15 is 0 Å². The Morgan fingerprint density at radius 1 is 0.883 bits per heavy atom. The van der Waals surface area contributed by atoms with Crippen LogP contribution in [0.4, 0.5) is 0 Å². The number of hydrogen-bond donors (Lipinski definition) is 6. The lowest BCUT2D eigenvalue weighted by atomic mass is 9.89. The molecule has 77 heavy (non-hydrogen) atoms. The van der Waals surface area contributed by atoms with Crippen LogP contribution < -0.4 is 21.7 Å². The number of aromatic amines is 1. The third-order valence-electron chi connectivity index (χ3n) is 15.8. The van der Waals surface area contributed by atoms with E-state index in [1.807, 2.05) is 84.0 Å². The normalized spacial score (nSPS) is 18.6. The van der Waals surface area contributed by atoms with E-state index in [1.165, 1.54) is 12.2 Å². The van der Waals surface area contributed by atoms with Crippen molar-refractivity contribution in [3.63, 3.8) is 0 Å². The number of fused-ring (bicyclic) bond motifs is 1. The number of carbonyl (C=O) groups excluding carboxylic acids is 6. The molecule has 3 heterocycles. The molecule has 0 spiro atoms. The van der Waals surface area contributed by atoms with Gasteiger partial charge in [-0.15, -0.1) is 0 Å². The van der Waals surface area contributed by atoms with Gasteiger partial charge in [0, 0.05) is 70.8 Å². The van der Waals surface area contributed by atoms with Crippen molar-refractivity contribution in [1.82, 2.24) is 40.7 Å². The van der Waals surface area contributed by atoms with Crippen LogP contribution in [0.1, 0.15) is 138 Å². The van der Waals surface area contributed by atoms with Crippen molar-refractivity contribution in [2.24, 2.45) is 29.4 Å². The van der Waals surface area contributed by atoms with Crippen molar-refractivity contribution in [2.45, 2.75) is 187 Å². The van der Waals surface area contributed by atoms with Gasteiger partial charge in [-0.05, 0) is 101 Å². The first-order valence-corrected chi connectivity index (χ1v) is 28.3. The van der Waals surface area contributed by atoms with Crippen LogP contribution in [0.5, 0.6) is 0 Å². The molecular weight excluding hydrogens is 987 g/mol. The van der Waals surface area contributed by atoms with Crippen molar-refractivity contribution < 1.29 is 53.0 Å². The molecule has 0 saturated carbocycles. The van der Waals surface area contributed by atoms with Gasteiger partial charge in [0.15, 0.2) is 0 Å². The van der Waals surface area contributed by atoms with Crippen molar-refractivity contribution in [1.29, 1.82) is 0 Å². The molecule has 2 aromatic rings. The standard InChI is InChI=1S/C57H95N9O11/c1-12-38(6)51(64(9)56(72)49(36(2)3)62-54(70)50(37(4)5)63(8)29-19-13-14-27-47(67)59-28-18-17-24-42(58)57(73)74)46(75-10)34-48(68)65-30-22-26-45(65)52(76-11)39(7)53(69)61-44(55(71)66-31-20-21-32-77-66)33-40-35-60-43-25-16-15-23-41(40)43/h15-16,23,25,35-39,42,44-46,49-52,60H,12-14,17-22,24,26-34,58H2,1-11H3,(H,59,67)(H,61,69)(H,62,70)(H,73,74)/t38-,39+,42-,44-,45-,46+,49-,50-,51?,52+/m0/s1. The van der Waals surface area contributed by atoms with E-state index in [0.29, 0.717) is 84.2 Å². The number of para-hydroxylation sites is 1. The second-order valence-corrected chi connectivity index (χ2v) is 22.2. The van der Waals surface area contributed by atoms with Gasteiger partial charge in [0.05, 0.1) is 49.3 Å². The number of H-pyrrole nitrogens is 1. The number of hydroxylamine groups is 2. The maximum Gasteiger partial charge on any atom is 0.320 e. The number of rotatable bonds is 33. The summed E-state index contributed by atoms with van der Waals surface area (Å²) in [6.07, 6.45) is 8.52. The van der Waals surface area contributed by atoms with E-state index in [1.54, 1.807) is 30.9 Å². The van der Waals surface area contributed by atoms with Gasteiger partial charge < -0.3 is 51.0 Å². The highest BCUT2D eigenvalue weighted by atomic mass is 16.7. The van der Waals surface area contributed by atoms with Crippen molar-refractivity contribution in [3.8, 4) is 0 Å². The summed E-state index contributed by atoms with van der Waals surface area (Å²) in [6, 6.07) is 3.64. The molecule has 0 radical (unpaired) electrons. The Labute approximate surface area is 457 Å². The molecule has 0 bridgehead atoms. The van der Waals surface area contributed by atoms with E-state index in [-0.39, 0.29) is 66.0 Å². The Morgan fingerprint density at radius 3 is 2.25 bits per heavy atom. The SMILES string of the molecule is CC[C@H](C)C([C@@H](CC(=O)N1CCC[C@H]1[C@H](OC)[C@@H](C)C(=O)N[C@@H](Cc1c[nH]c2ccccc12)C(=O)N1CCCCO1)OC)N(C)C(=O)[C@@H](NC(=O)[C@H](C(C)C)N(C)CCCCCC(=O)NCCCC[C@H](N)C(=O)O)C(C)C.